The molecule has 0 bridgehead atoms. The van der Waals surface area contributed by atoms with E-state index < -0.39 is 0 Å². The highest BCUT2D eigenvalue weighted by Gasteiger charge is 2.05. The van der Waals surface area contributed by atoms with Gasteiger partial charge in [-0.1, -0.05) is 0 Å². The molecule has 0 aliphatic rings. The predicted octanol–water partition coefficient (Wildman–Crippen LogP) is 6.98. The van der Waals surface area contributed by atoms with Gasteiger partial charge >= 0.3 is 11.9 Å². The van der Waals surface area contributed by atoms with E-state index in [-0.39, 0.29) is 23.8 Å². The highest BCUT2D eigenvalue weighted by atomic mass is 32.2. The van der Waals surface area contributed by atoms with Crippen LogP contribution in [0.1, 0.15) is 0 Å². The molecule has 0 unspecified atom stereocenters. The van der Waals surface area contributed by atoms with Crippen LogP contribution in [0, 0.1) is 0 Å². The van der Waals surface area contributed by atoms with Gasteiger partial charge in [-0.25, -0.2) is 19.6 Å². The van der Waals surface area contributed by atoms with Gasteiger partial charge in [0, 0.05) is 63.7 Å². The van der Waals surface area contributed by atoms with E-state index in [0.29, 0.717) is 49.8 Å². The van der Waals surface area contributed by atoms with Crippen molar-refractivity contribution in [2.24, 2.45) is 0 Å². The van der Waals surface area contributed by atoms with Gasteiger partial charge in [-0.2, -0.15) is 0 Å². The van der Waals surface area contributed by atoms with Crippen molar-refractivity contribution < 1.29 is 48.8 Å². The minimum absolute atomic E-state index is 0.120. The number of rotatable bonds is 40. The van der Waals surface area contributed by atoms with Gasteiger partial charge in [0.15, 0.2) is 0 Å². The van der Waals surface area contributed by atoms with E-state index in [1.54, 1.807) is 129 Å². The third kappa shape index (κ3) is 45.3. The molecule has 0 amide bonds. The van der Waals surface area contributed by atoms with Gasteiger partial charge in [0.25, 0.3) is 0 Å². The van der Waals surface area contributed by atoms with Crippen LogP contribution in [-0.4, -0.2) is 148 Å². The van der Waals surface area contributed by atoms with Crippen LogP contribution in [0.4, 0.5) is 0 Å². The lowest BCUT2D eigenvalue weighted by Crippen LogP contribution is -2.10. The molecule has 10 nitrogen and oxygen atoms in total. The molecule has 0 saturated carbocycles. The Morgan fingerprint density at radius 2 is 0.766 bits per heavy atom. The molecule has 0 fully saturated rings. The predicted molar refractivity (Wildman–Crippen MR) is 227 cm³/mol. The number of aliphatic hydroxyl groups is 2. The molecule has 0 aliphatic carbocycles. The molecule has 0 radical (unpaired) electrons. The molecule has 0 spiro atoms. The number of carbonyl (C=O) groups is 2. The molecule has 23 heteroatoms. The summed E-state index contributed by atoms with van der Waals surface area (Å²) in [5, 5.41) is 24.3. The largest absolute Gasteiger partial charge is 0.464 e. The molecule has 0 aromatic rings. The molecule has 0 aromatic carbocycles. The Labute approximate surface area is 335 Å². The zero-order valence-electron chi connectivity index (χ0n) is 26.0. The number of hydrogen-bond acceptors (Lipinski definition) is 23. The molecule has 280 valence electrons. The Hall–Kier alpha value is 3.25. The number of carbonyl (C=O) groups excluding carboxylic acids is 2. The van der Waals surface area contributed by atoms with Crippen LogP contribution in [0.5, 0.6) is 0 Å². The number of aliphatic hydroxyl groups excluding tert-OH is 2. The minimum Gasteiger partial charge on any atom is -0.464 e. The van der Waals surface area contributed by atoms with Crippen LogP contribution < -0.4 is 0 Å². The average Bonchev–Trinajstić information content (AvgIpc) is 3.07. The normalized spacial score (nSPS) is 11.3. The lowest BCUT2D eigenvalue weighted by molar-refractivity contribution is -0.285. The average molecular weight is 911 g/mol. The maximum absolute atomic E-state index is 11.8. The van der Waals surface area contributed by atoms with Gasteiger partial charge in [-0.15, -0.1) is 153 Å². The van der Waals surface area contributed by atoms with Gasteiger partial charge in [0.2, 0.25) is 0 Å². The van der Waals surface area contributed by atoms with E-state index in [2.05, 4.69) is 0 Å². The molecule has 0 aliphatic heterocycles. The quantitative estimate of drug-likeness (QED) is 0.0216. The van der Waals surface area contributed by atoms with Crippen LogP contribution in [0.25, 0.3) is 0 Å². The summed E-state index contributed by atoms with van der Waals surface area (Å²) in [6.07, 6.45) is 0. The summed E-state index contributed by atoms with van der Waals surface area (Å²) in [5.74, 6) is 4.81. The molecule has 0 atom stereocenters. The second-order valence-electron chi connectivity index (χ2n) is 7.52. The molecule has 2 N–H and O–H groups in total. The second-order valence-corrected chi connectivity index (χ2v) is 23.6. The Morgan fingerprint density at radius 1 is 0.383 bits per heavy atom. The summed E-state index contributed by atoms with van der Waals surface area (Å²) in [4.78, 5) is 44.1. The second kappa shape index (κ2) is 45.4. The monoisotopic (exact) mass is 910 g/mol. The van der Waals surface area contributed by atoms with E-state index in [1.807, 2.05) is 0 Å². The zero-order chi connectivity index (χ0) is 34.1. The summed E-state index contributed by atoms with van der Waals surface area (Å²) in [6, 6.07) is 0. The summed E-state index contributed by atoms with van der Waals surface area (Å²) in [7, 11) is 0. The third-order valence-corrected chi connectivity index (χ3v) is 18.3. The van der Waals surface area contributed by atoms with E-state index in [4.69, 9.17) is 39.2 Å². The Bertz CT molecular complexity index is 669. The van der Waals surface area contributed by atoms with E-state index in [9.17, 15) is 9.59 Å². The summed E-state index contributed by atoms with van der Waals surface area (Å²) in [5.41, 5.74) is 0. The first-order valence-electron chi connectivity index (χ1n) is 13.7. The van der Waals surface area contributed by atoms with Crippen LogP contribution >= 0.6 is 153 Å². The number of thioether (sulfide) groups is 13. The van der Waals surface area contributed by atoms with Crippen molar-refractivity contribution in [3.8, 4) is 0 Å². The maximum atomic E-state index is 11.8. The maximum Gasteiger partial charge on any atom is 0.316 e. The van der Waals surface area contributed by atoms with Crippen LogP contribution in [-0.2, 0) is 38.6 Å². The Morgan fingerprint density at radius 3 is 1.28 bits per heavy atom. The van der Waals surface area contributed by atoms with Gasteiger partial charge in [-0.3, -0.25) is 9.59 Å². The zero-order valence-corrected chi connectivity index (χ0v) is 36.6. The summed E-state index contributed by atoms with van der Waals surface area (Å²) < 4.78 is 10.4. The van der Waals surface area contributed by atoms with E-state index in [1.165, 1.54) is 23.5 Å². The third-order valence-electron chi connectivity index (χ3n) is 3.98. The smallest absolute Gasteiger partial charge is 0.316 e. The standard InChI is InChI=1S/C24H46O10S13/c25-11-41-15-35-5-1-29-23(27)9-39-19-45-18-38-8-4-33-34-14-44-22-47-21-43-13-30-24(28)10-40-20-46-17-37-7-3-32-31-2-6-36-16-42-12-26/h25-26H,1-22H2. The van der Waals surface area contributed by atoms with Crippen molar-refractivity contribution in [2.75, 3.05) is 125 Å². The first kappa shape index (κ1) is 50.2. The Balaban J connectivity index is 3.19. The first-order valence-corrected chi connectivity index (χ1v) is 28.7. The van der Waals surface area contributed by atoms with E-state index >= 15 is 0 Å². The number of esters is 2. The number of hydrogen-bond donors (Lipinski definition) is 2. The van der Waals surface area contributed by atoms with Gasteiger partial charge in [0.1, 0.15) is 18.5 Å². The van der Waals surface area contributed by atoms with Crippen molar-refractivity contribution in [1.29, 1.82) is 0 Å². The summed E-state index contributed by atoms with van der Waals surface area (Å²) in [6.45, 7) is 2.05. The molecule has 0 saturated heterocycles. The molecular weight excluding hydrogens is 865 g/mol. The van der Waals surface area contributed by atoms with Crippen molar-refractivity contribution in [3.05, 3.63) is 0 Å². The van der Waals surface area contributed by atoms with Gasteiger partial charge < -0.3 is 19.7 Å². The number of ether oxygens (including phenoxy) is 2. The fourth-order valence-corrected chi connectivity index (χ4v) is 13.9. The topological polar surface area (TPSA) is 130 Å². The van der Waals surface area contributed by atoms with Gasteiger partial charge in [0.05, 0.1) is 43.2 Å². The molecular formula is C24H46O10S13. The fraction of sp³-hybridized carbons (Fsp3) is 0.917. The van der Waals surface area contributed by atoms with E-state index in [0.717, 1.165) is 63.7 Å². The van der Waals surface area contributed by atoms with Crippen LogP contribution in [0.3, 0.4) is 0 Å². The Kier molecular flexibility index (Phi) is 48.5. The molecule has 47 heavy (non-hydrogen) atoms. The van der Waals surface area contributed by atoms with Crippen molar-refractivity contribution in [1.82, 2.24) is 0 Å². The van der Waals surface area contributed by atoms with Crippen LogP contribution in [0.2, 0.25) is 0 Å². The highest BCUT2D eigenvalue weighted by Crippen LogP contribution is 2.21. The molecule has 0 heterocycles. The molecule has 0 aromatic heterocycles. The lowest BCUT2D eigenvalue weighted by Gasteiger charge is -2.06. The van der Waals surface area contributed by atoms with Gasteiger partial charge in [-0.05, 0) is 0 Å². The fourth-order valence-electron chi connectivity index (χ4n) is 2.13. The first-order chi connectivity index (χ1) is 23.2. The van der Waals surface area contributed by atoms with Crippen molar-refractivity contribution in [3.63, 3.8) is 0 Å². The van der Waals surface area contributed by atoms with Crippen molar-refractivity contribution in [2.45, 2.75) is 0 Å². The SMILES string of the molecule is O=C(CSCSCSCCOOCSCSCSCOC(=O)CSCSCSCCOOCCSCSCO)OCCSCSCO. The summed E-state index contributed by atoms with van der Waals surface area (Å²) >= 11 is 21.5. The lowest BCUT2D eigenvalue weighted by atomic mass is 10.8. The van der Waals surface area contributed by atoms with Crippen LogP contribution in [0.15, 0.2) is 0 Å². The molecule has 0 rings (SSSR count). The highest BCUT2D eigenvalue weighted by molar-refractivity contribution is 8.23. The minimum atomic E-state index is -0.177. The van der Waals surface area contributed by atoms with Crippen molar-refractivity contribution >= 4 is 165 Å².